The second-order valence-corrected chi connectivity index (χ2v) is 8.63. The van der Waals surface area contributed by atoms with E-state index in [9.17, 15) is 13.2 Å². The molecule has 0 radical (unpaired) electrons. The molecule has 1 amide bonds. The molecule has 2 aromatic rings. The third-order valence-corrected chi connectivity index (χ3v) is 7.09. The molecule has 0 fully saturated rings. The number of nitrogens with one attached hydrogen (secondary N) is 1. The van der Waals surface area contributed by atoms with E-state index >= 15 is 0 Å². The largest absolute Gasteiger partial charge is 0.493 e. The van der Waals surface area contributed by atoms with Crippen LogP contribution in [0.1, 0.15) is 25.0 Å². The second kappa shape index (κ2) is 8.70. The van der Waals surface area contributed by atoms with E-state index in [1.54, 1.807) is 50.2 Å². The Bertz CT molecular complexity index is 1190. The molecule has 162 valence electrons. The van der Waals surface area contributed by atoms with Gasteiger partial charge in [0, 0.05) is 23.9 Å². The lowest BCUT2D eigenvalue weighted by atomic mass is 10.0. The normalized spacial score (nSPS) is 14.5. The van der Waals surface area contributed by atoms with Gasteiger partial charge in [0.1, 0.15) is 0 Å². The first-order chi connectivity index (χ1) is 14.8. The van der Waals surface area contributed by atoms with Crippen LogP contribution in [0.15, 0.2) is 41.3 Å². The third-order valence-electron chi connectivity index (χ3n) is 5.05. The minimum Gasteiger partial charge on any atom is -0.493 e. The molecule has 0 spiro atoms. The van der Waals surface area contributed by atoms with Crippen LogP contribution in [0.5, 0.6) is 11.5 Å². The van der Waals surface area contributed by atoms with Crippen molar-refractivity contribution in [3.63, 3.8) is 0 Å². The van der Waals surface area contributed by atoms with E-state index in [0.29, 0.717) is 34.0 Å². The summed E-state index contributed by atoms with van der Waals surface area (Å²) in [6.45, 7) is 3.43. The first-order valence-electron chi connectivity index (χ1n) is 9.55. The van der Waals surface area contributed by atoms with Crippen LogP contribution in [0.25, 0.3) is 5.57 Å². The summed E-state index contributed by atoms with van der Waals surface area (Å²) in [5.74, 6) is 0.0984. The Kier molecular flexibility index (Phi) is 6.22. The lowest BCUT2D eigenvalue weighted by Crippen LogP contribution is -2.39. The highest BCUT2D eigenvalue weighted by molar-refractivity contribution is 7.97. The fraction of sp³-hybridized carbons (Fsp3) is 0.273. The fourth-order valence-corrected chi connectivity index (χ4v) is 5.30. The summed E-state index contributed by atoms with van der Waals surface area (Å²) >= 11 is 0. The smallest absolute Gasteiger partial charge is 0.270 e. The molecular weight excluding hydrogens is 418 g/mol. The van der Waals surface area contributed by atoms with Gasteiger partial charge in [-0.15, -0.1) is 0 Å². The molecule has 0 saturated heterocycles. The van der Waals surface area contributed by atoms with Gasteiger partial charge in [0.25, 0.3) is 15.9 Å². The van der Waals surface area contributed by atoms with Crippen LogP contribution in [0, 0.1) is 11.3 Å². The molecule has 0 saturated carbocycles. The number of rotatable bonds is 6. The first kappa shape index (κ1) is 22.2. The number of nitrogens with zero attached hydrogens (tertiary/aromatic N) is 2. The summed E-state index contributed by atoms with van der Waals surface area (Å²) in [7, 11) is -1.13. The Morgan fingerprint density at radius 2 is 1.74 bits per heavy atom. The lowest BCUT2D eigenvalue weighted by molar-refractivity contribution is -0.112. The highest BCUT2D eigenvalue weighted by Gasteiger charge is 2.39. The molecule has 1 heterocycles. The molecule has 0 aliphatic carbocycles. The summed E-state index contributed by atoms with van der Waals surface area (Å²) in [5, 5.41) is 11.4. The highest BCUT2D eigenvalue weighted by Crippen LogP contribution is 2.44. The topological polar surface area (TPSA) is 109 Å². The average Bonchev–Trinajstić information content (AvgIpc) is 2.74. The maximum Gasteiger partial charge on any atom is 0.270 e. The van der Waals surface area contributed by atoms with Crippen LogP contribution < -0.4 is 19.1 Å². The number of hydrogen-bond donors (Lipinski definition) is 1. The van der Waals surface area contributed by atoms with Crippen LogP contribution in [0.4, 0.5) is 11.4 Å². The summed E-state index contributed by atoms with van der Waals surface area (Å²) < 4.78 is 38.5. The van der Waals surface area contributed by atoms with Crippen LogP contribution in [0.2, 0.25) is 0 Å². The Morgan fingerprint density at radius 1 is 1.13 bits per heavy atom. The van der Waals surface area contributed by atoms with Crippen molar-refractivity contribution >= 4 is 32.9 Å². The number of nitriles is 1. The van der Waals surface area contributed by atoms with E-state index in [1.807, 2.05) is 0 Å². The van der Waals surface area contributed by atoms with Gasteiger partial charge >= 0.3 is 0 Å². The van der Waals surface area contributed by atoms with E-state index in [4.69, 9.17) is 14.7 Å². The summed E-state index contributed by atoms with van der Waals surface area (Å²) in [6.07, 6.45) is 0.250. The van der Waals surface area contributed by atoms with Gasteiger partial charge in [0.05, 0.1) is 32.4 Å². The van der Waals surface area contributed by atoms with Gasteiger partial charge in [-0.05, 0) is 43.2 Å². The maximum atomic E-state index is 13.3. The summed E-state index contributed by atoms with van der Waals surface area (Å²) in [4.78, 5) is 12.7. The Balaban J connectivity index is 2.09. The van der Waals surface area contributed by atoms with Gasteiger partial charge in [0.2, 0.25) is 0 Å². The number of benzene rings is 2. The molecule has 1 N–H and O–H groups in total. The lowest BCUT2D eigenvalue weighted by Gasteiger charge is -2.32. The number of hydrogen-bond acceptors (Lipinski definition) is 6. The van der Waals surface area contributed by atoms with Crippen LogP contribution >= 0.6 is 0 Å². The summed E-state index contributed by atoms with van der Waals surface area (Å²) in [5.41, 5.74) is 2.55. The molecule has 0 atom stereocenters. The van der Waals surface area contributed by atoms with Crippen molar-refractivity contribution in [2.75, 3.05) is 30.4 Å². The number of carbonyl (C=O) groups excluding carboxylic acids is 1. The van der Waals surface area contributed by atoms with Crippen LogP contribution in [-0.2, 0) is 21.2 Å². The van der Waals surface area contributed by atoms with Crippen molar-refractivity contribution in [1.29, 1.82) is 5.26 Å². The van der Waals surface area contributed by atoms with Gasteiger partial charge in [-0.2, -0.15) is 5.26 Å². The predicted octanol–water partition coefficient (Wildman–Crippen LogP) is 3.31. The second-order valence-electron chi connectivity index (χ2n) is 6.83. The molecule has 2 aromatic carbocycles. The minimum absolute atomic E-state index is 0.137. The molecule has 0 unspecified atom stereocenters. The van der Waals surface area contributed by atoms with E-state index in [0.717, 1.165) is 5.56 Å². The minimum atomic E-state index is -4.10. The van der Waals surface area contributed by atoms with Gasteiger partial charge in [-0.1, -0.05) is 12.1 Å². The van der Waals surface area contributed by atoms with Crippen LogP contribution in [0.3, 0.4) is 0 Å². The predicted molar refractivity (Wildman–Crippen MR) is 118 cm³/mol. The zero-order chi connectivity index (χ0) is 22.8. The number of anilines is 2. The van der Waals surface area contributed by atoms with Crippen molar-refractivity contribution in [2.24, 2.45) is 0 Å². The van der Waals surface area contributed by atoms with Crippen molar-refractivity contribution < 1.29 is 22.7 Å². The molecule has 31 heavy (non-hydrogen) atoms. The number of ether oxygens (including phenoxy) is 2. The van der Waals surface area contributed by atoms with Crippen molar-refractivity contribution in [1.82, 2.24) is 0 Å². The maximum absolute atomic E-state index is 13.3. The van der Waals surface area contributed by atoms with E-state index in [2.05, 4.69) is 11.4 Å². The molecule has 0 bridgehead atoms. The van der Waals surface area contributed by atoms with Crippen molar-refractivity contribution in [3.8, 4) is 17.6 Å². The summed E-state index contributed by atoms with van der Waals surface area (Å²) in [6, 6.07) is 12.0. The number of fused-ring (bicyclic) bond motifs is 1. The monoisotopic (exact) mass is 441 g/mol. The van der Waals surface area contributed by atoms with Gasteiger partial charge < -0.3 is 14.8 Å². The Morgan fingerprint density at radius 3 is 2.29 bits per heavy atom. The fourth-order valence-electron chi connectivity index (χ4n) is 3.54. The molecule has 3 rings (SSSR count). The van der Waals surface area contributed by atoms with Crippen LogP contribution in [-0.4, -0.2) is 35.1 Å². The molecule has 1 aliphatic heterocycles. The van der Waals surface area contributed by atoms with E-state index in [1.165, 1.54) is 18.5 Å². The number of amides is 1. The van der Waals surface area contributed by atoms with E-state index < -0.39 is 15.9 Å². The Hall–Kier alpha value is -3.51. The number of allylic oxidation sites excluding steroid dienone is 1. The molecule has 9 heteroatoms. The molecule has 0 aromatic heterocycles. The molecular formula is C22H23N3O5S. The zero-order valence-electron chi connectivity index (χ0n) is 17.7. The third kappa shape index (κ3) is 3.94. The Labute approximate surface area is 181 Å². The number of sulfonamides is 1. The SMILES string of the molecule is CCN1c2cc(OC)c(OC)cc2C(C)=C(C(=O)Nc2ccc(CC#N)cc2)S1(=O)=O. The molecule has 8 nitrogen and oxygen atoms in total. The number of methoxy groups -OCH3 is 2. The van der Waals surface area contributed by atoms with Gasteiger partial charge in [0.15, 0.2) is 16.4 Å². The van der Waals surface area contributed by atoms with E-state index in [-0.39, 0.29) is 17.9 Å². The number of carbonyl (C=O) groups is 1. The van der Waals surface area contributed by atoms with Gasteiger partial charge in [-0.25, -0.2) is 8.42 Å². The molecule has 1 aliphatic rings. The average molecular weight is 442 g/mol. The first-order valence-corrected chi connectivity index (χ1v) is 11.0. The quantitative estimate of drug-likeness (QED) is 0.737. The van der Waals surface area contributed by atoms with Crippen molar-refractivity contribution in [3.05, 3.63) is 52.4 Å². The standard InChI is InChI=1S/C22H23N3O5S/c1-5-25-18-13-20(30-4)19(29-3)12-17(18)14(2)21(31(25,27)28)22(26)24-16-8-6-15(7-9-16)10-11-23/h6-9,12-13H,5,10H2,1-4H3,(H,24,26). The van der Waals surface area contributed by atoms with Crippen molar-refractivity contribution in [2.45, 2.75) is 20.3 Å². The zero-order valence-corrected chi connectivity index (χ0v) is 18.5. The van der Waals surface area contributed by atoms with Gasteiger partial charge in [-0.3, -0.25) is 9.10 Å². The highest BCUT2D eigenvalue weighted by atomic mass is 32.2.